The minimum Gasteiger partial charge on any atom is -0.393 e. The Morgan fingerprint density at radius 3 is 2.35 bits per heavy atom. The Hall–Kier alpha value is -0.750. The second-order valence-electron chi connectivity index (χ2n) is 6.60. The van der Waals surface area contributed by atoms with Gasteiger partial charge in [-0.15, -0.1) is 0 Å². The smallest absolute Gasteiger partial charge is 0.149 e. The Morgan fingerprint density at radius 2 is 1.70 bits per heavy atom. The SMILES string of the molecule is OC1CCN(C2CCN(Cc3c(F)ccc(Cl)c3F)CC2)CC1. The Kier molecular flexibility index (Phi) is 5.52. The molecule has 23 heavy (non-hydrogen) atoms. The molecule has 2 saturated heterocycles. The van der Waals surface area contributed by atoms with Gasteiger partial charge in [-0.3, -0.25) is 4.90 Å². The van der Waals surface area contributed by atoms with Gasteiger partial charge in [0.15, 0.2) is 0 Å². The molecule has 0 amide bonds. The van der Waals surface area contributed by atoms with Gasteiger partial charge in [0.1, 0.15) is 11.6 Å². The summed E-state index contributed by atoms with van der Waals surface area (Å²) in [6.07, 6.45) is 3.54. The zero-order valence-corrected chi connectivity index (χ0v) is 13.9. The number of aliphatic hydroxyl groups excluding tert-OH is 1. The van der Waals surface area contributed by atoms with Crippen LogP contribution in [0.2, 0.25) is 5.02 Å². The molecule has 0 unspecified atom stereocenters. The molecule has 0 atom stereocenters. The molecule has 0 saturated carbocycles. The van der Waals surface area contributed by atoms with Gasteiger partial charge < -0.3 is 10.0 Å². The van der Waals surface area contributed by atoms with Crippen LogP contribution in [-0.4, -0.2) is 53.2 Å². The molecule has 0 bridgehead atoms. The number of hydrogen-bond donors (Lipinski definition) is 1. The number of nitrogens with zero attached hydrogens (tertiary/aromatic N) is 2. The second-order valence-corrected chi connectivity index (χ2v) is 7.00. The normalized spacial score (nSPS) is 22.6. The third-order valence-electron chi connectivity index (χ3n) is 5.09. The van der Waals surface area contributed by atoms with Gasteiger partial charge in [0, 0.05) is 31.2 Å². The maximum Gasteiger partial charge on any atom is 0.149 e. The Balaban J connectivity index is 1.55. The van der Waals surface area contributed by atoms with Gasteiger partial charge in [-0.05, 0) is 50.9 Å². The van der Waals surface area contributed by atoms with Crippen LogP contribution in [0.25, 0.3) is 0 Å². The largest absolute Gasteiger partial charge is 0.393 e. The lowest BCUT2D eigenvalue weighted by Gasteiger charge is -2.41. The van der Waals surface area contributed by atoms with Crippen LogP contribution in [0.5, 0.6) is 0 Å². The van der Waals surface area contributed by atoms with E-state index in [9.17, 15) is 13.9 Å². The van der Waals surface area contributed by atoms with Crippen LogP contribution < -0.4 is 0 Å². The highest BCUT2D eigenvalue weighted by molar-refractivity contribution is 6.30. The number of piperidine rings is 2. The van der Waals surface area contributed by atoms with Crippen LogP contribution in [0.3, 0.4) is 0 Å². The average Bonchev–Trinajstić information content (AvgIpc) is 2.57. The van der Waals surface area contributed by atoms with Crippen LogP contribution in [0.15, 0.2) is 12.1 Å². The second kappa shape index (κ2) is 7.43. The summed E-state index contributed by atoms with van der Waals surface area (Å²) in [6.45, 7) is 3.82. The molecule has 2 heterocycles. The van der Waals surface area contributed by atoms with Gasteiger partial charge in [-0.25, -0.2) is 8.78 Å². The summed E-state index contributed by atoms with van der Waals surface area (Å²) < 4.78 is 27.8. The summed E-state index contributed by atoms with van der Waals surface area (Å²) in [6, 6.07) is 3.01. The minimum absolute atomic E-state index is 0.0249. The first-order valence-electron chi connectivity index (χ1n) is 8.31. The van der Waals surface area contributed by atoms with E-state index in [4.69, 9.17) is 11.6 Å². The van der Waals surface area contributed by atoms with Gasteiger partial charge in [0.25, 0.3) is 0 Å². The van der Waals surface area contributed by atoms with Crippen LogP contribution in [0.4, 0.5) is 8.78 Å². The zero-order chi connectivity index (χ0) is 16.4. The Bertz CT molecular complexity index is 542. The first-order chi connectivity index (χ1) is 11.0. The van der Waals surface area contributed by atoms with Crippen molar-refractivity contribution < 1.29 is 13.9 Å². The van der Waals surface area contributed by atoms with E-state index in [-0.39, 0.29) is 23.2 Å². The molecule has 0 aromatic heterocycles. The van der Waals surface area contributed by atoms with Crippen LogP contribution in [0.1, 0.15) is 31.2 Å². The van der Waals surface area contributed by atoms with E-state index >= 15 is 0 Å². The van der Waals surface area contributed by atoms with E-state index in [0.29, 0.717) is 6.04 Å². The summed E-state index contributed by atoms with van der Waals surface area (Å²) in [7, 11) is 0. The number of benzene rings is 1. The highest BCUT2D eigenvalue weighted by Crippen LogP contribution is 2.25. The van der Waals surface area contributed by atoms with Gasteiger partial charge >= 0.3 is 0 Å². The van der Waals surface area contributed by atoms with Crippen molar-refractivity contribution in [2.45, 2.75) is 44.4 Å². The average molecular weight is 345 g/mol. The van der Waals surface area contributed by atoms with E-state index in [2.05, 4.69) is 9.80 Å². The van der Waals surface area contributed by atoms with Crippen molar-refractivity contribution in [3.63, 3.8) is 0 Å². The molecule has 1 N–H and O–H groups in total. The van der Waals surface area contributed by atoms with Crippen LogP contribution in [0, 0.1) is 11.6 Å². The molecular formula is C17H23ClF2N2O. The third kappa shape index (κ3) is 4.02. The predicted octanol–water partition coefficient (Wildman–Crippen LogP) is 3.04. The molecule has 128 valence electrons. The first-order valence-corrected chi connectivity index (χ1v) is 8.69. The van der Waals surface area contributed by atoms with Gasteiger partial charge in [0.2, 0.25) is 0 Å². The summed E-state index contributed by atoms with van der Waals surface area (Å²) in [5, 5.41) is 9.56. The van der Waals surface area contributed by atoms with Crippen molar-refractivity contribution in [2.24, 2.45) is 0 Å². The van der Waals surface area contributed by atoms with E-state index in [1.165, 1.54) is 12.1 Å². The molecule has 6 heteroatoms. The van der Waals surface area contributed by atoms with Crippen LogP contribution >= 0.6 is 11.6 Å². The van der Waals surface area contributed by atoms with E-state index in [0.717, 1.165) is 51.9 Å². The Labute approximate surface area is 140 Å². The number of aliphatic hydroxyl groups is 1. The molecule has 2 fully saturated rings. The lowest BCUT2D eigenvalue weighted by Crippen LogP contribution is -2.48. The maximum atomic E-state index is 14.0. The summed E-state index contributed by atoms with van der Waals surface area (Å²) >= 11 is 5.75. The molecular weight excluding hydrogens is 322 g/mol. The lowest BCUT2D eigenvalue weighted by atomic mass is 9.98. The predicted molar refractivity (Wildman–Crippen MR) is 86.5 cm³/mol. The van der Waals surface area contributed by atoms with Crippen LogP contribution in [-0.2, 0) is 6.54 Å². The van der Waals surface area contributed by atoms with E-state index < -0.39 is 11.6 Å². The zero-order valence-electron chi connectivity index (χ0n) is 13.1. The molecule has 0 aliphatic carbocycles. The van der Waals surface area contributed by atoms with Crippen molar-refractivity contribution >= 4 is 11.6 Å². The fourth-order valence-electron chi connectivity index (χ4n) is 3.63. The monoisotopic (exact) mass is 344 g/mol. The third-order valence-corrected chi connectivity index (χ3v) is 5.39. The first kappa shape index (κ1) is 17.1. The number of hydrogen-bond acceptors (Lipinski definition) is 3. The van der Waals surface area contributed by atoms with Crippen molar-refractivity contribution in [1.82, 2.24) is 9.80 Å². The fraction of sp³-hybridized carbons (Fsp3) is 0.647. The number of halogens is 3. The number of rotatable bonds is 3. The number of likely N-dealkylation sites (tertiary alicyclic amines) is 2. The highest BCUT2D eigenvalue weighted by atomic mass is 35.5. The molecule has 3 rings (SSSR count). The molecule has 1 aromatic carbocycles. The quantitative estimate of drug-likeness (QED) is 0.854. The molecule has 3 nitrogen and oxygen atoms in total. The maximum absolute atomic E-state index is 14.0. The van der Waals surface area contributed by atoms with Crippen molar-refractivity contribution in [1.29, 1.82) is 0 Å². The lowest BCUT2D eigenvalue weighted by molar-refractivity contribution is 0.0373. The van der Waals surface area contributed by atoms with Crippen molar-refractivity contribution in [3.8, 4) is 0 Å². The topological polar surface area (TPSA) is 26.7 Å². The summed E-state index contributed by atoms with van der Waals surface area (Å²) in [4.78, 5) is 4.54. The molecule has 1 aromatic rings. The van der Waals surface area contributed by atoms with Gasteiger partial charge in [0.05, 0.1) is 11.1 Å². The highest BCUT2D eigenvalue weighted by Gasteiger charge is 2.28. The molecule has 2 aliphatic heterocycles. The van der Waals surface area contributed by atoms with Gasteiger partial charge in [-0.2, -0.15) is 0 Å². The van der Waals surface area contributed by atoms with Gasteiger partial charge in [-0.1, -0.05) is 11.6 Å². The molecule has 0 spiro atoms. The summed E-state index contributed by atoms with van der Waals surface area (Å²) in [5.74, 6) is -1.17. The van der Waals surface area contributed by atoms with Crippen molar-refractivity contribution in [3.05, 3.63) is 34.4 Å². The van der Waals surface area contributed by atoms with Crippen molar-refractivity contribution in [2.75, 3.05) is 26.2 Å². The van der Waals surface area contributed by atoms with E-state index in [1.54, 1.807) is 0 Å². The summed E-state index contributed by atoms with van der Waals surface area (Å²) in [5.41, 5.74) is 0.0667. The Morgan fingerprint density at radius 1 is 1.04 bits per heavy atom. The molecule has 2 aliphatic rings. The molecule has 0 radical (unpaired) electrons. The standard InChI is InChI=1S/C17H23ClF2N2O/c18-15-1-2-16(19)14(17(15)20)11-21-7-3-12(4-8-21)22-9-5-13(23)6-10-22/h1-2,12-13,23H,3-11H2. The fourth-order valence-corrected chi connectivity index (χ4v) is 3.81. The minimum atomic E-state index is -0.640. The van der Waals surface area contributed by atoms with E-state index in [1.807, 2.05) is 0 Å².